The summed E-state index contributed by atoms with van der Waals surface area (Å²) in [6, 6.07) is 2.88. The van der Waals surface area contributed by atoms with Gasteiger partial charge in [-0.2, -0.15) is 0 Å². The zero-order valence-electron chi connectivity index (χ0n) is 11.1. The molecule has 0 unspecified atom stereocenters. The van der Waals surface area contributed by atoms with Crippen LogP contribution in [0, 0.1) is 0 Å². The fraction of sp³-hybridized carbons (Fsp3) is 1.00. The molecule has 0 atom stereocenters. The van der Waals surface area contributed by atoms with E-state index in [1.165, 1.54) is 46.0 Å². The molecule has 0 bridgehead atoms. The average molecular weight is 267 g/mol. The summed E-state index contributed by atoms with van der Waals surface area (Å²) in [7, 11) is 3.07. The van der Waals surface area contributed by atoms with Gasteiger partial charge in [0, 0.05) is 0 Å². The SMILES string of the molecule is CC[SiH2]N([SiH3])CC.CC[SiH2]N([SiH3])CC. The van der Waals surface area contributed by atoms with Crippen molar-refractivity contribution in [1.82, 2.24) is 8.46 Å². The summed E-state index contributed by atoms with van der Waals surface area (Å²) >= 11 is 0. The van der Waals surface area contributed by atoms with Gasteiger partial charge >= 0.3 is 0 Å². The lowest BCUT2D eigenvalue weighted by molar-refractivity contribution is 0.726. The Balaban J connectivity index is 0. The maximum absolute atomic E-state index is 2.58. The van der Waals surface area contributed by atoms with Crippen LogP contribution >= 0.6 is 0 Å². The lowest BCUT2D eigenvalue weighted by Gasteiger charge is -2.10. The van der Waals surface area contributed by atoms with E-state index in [1.54, 1.807) is 0 Å². The van der Waals surface area contributed by atoms with Crippen molar-refractivity contribution in [3.8, 4) is 0 Å². The molecule has 0 aromatic heterocycles. The molecule has 0 radical (unpaired) electrons. The molecule has 0 aliphatic heterocycles. The van der Waals surface area contributed by atoms with E-state index in [1.807, 2.05) is 0 Å². The highest BCUT2D eigenvalue weighted by Gasteiger charge is 1.88. The monoisotopic (exact) mass is 266 g/mol. The normalized spacial score (nSPS) is 12.4. The predicted octanol–water partition coefficient (Wildman–Crippen LogP) is -1.78. The second kappa shape index (κ2) is 13.8. The van der Waals surface area contributed by atoms with Gasteiger partial charge in [0.1, 0.15) is 0 Å². The van der Waals surface area contributed by atoms with Gasteiger partial charge in [0.05, 0.1) is 40.2 Å². The molecule has 0 aromatic rings. The van der Waals surface area contributed by atoms with Crippen LogP contribution < -0.4 is 0 Å². The molecule has 0 aliphatic rings. The predicted molar refractivity (Wildman–Crippen MR) is 82.7 cm³/mol. The van der Waals surface area contributed by atoms with Crippen LogP contribution in [0.5, 0.6) is 0 Å². The molecule has 2 nitrogen and oxygen atoms in total. The van der Waals surface area contributed by atoms with Crippen LogP contribution in [0.4, 0.5) is 0 Å². The molecule has 0 heterocycles. The van der Waals surface area contributed by atoms with E-state index in [2.05, 4.69) is 36.2 Å². The largest absolute Gasteiger partial charge is 0.358 e. The summed E-state index contributed by atoms with van der Waals surface area (Å²) in [5, 5.41) is 0. The molecule has 88 valence electrons. The van der Waals surface area contributed by atoms with E-state index in [4.69, 9.17) is 0 Å². The fourth-order valence-corrected chi connectivity index (χ4v) is 5.92. The first kappa shape index (κ1) is 17.2. The van der Waals surface area contributed by atoms with E-state index in [0.717, 1.165) is 0 Å². The van der Waals surface area contributed by atoms with E-state index >= 15 is 0 Å². The topological polar surface area (TPSA) is 6.48 Å². The Kier molecular flexibility index (Phi) is 16.9. The van der Waals surface area contributed by atoms with Gasteiger partial charge in [-0.15, -0.1) is 0 Å². The molecule has 0 spiro atoms. The van der Waals surface area contributed by atoms with E-state index in [-0.39, 0.29) is 19.4 Å². The molecule has 0 fully saturated rings. The molecular weight excluding hydrogens is 236 g/mol. The van der Waals surface area contributed by atoms with Crippen LogP contribution in [0.15, 0.2) is 0 Å². The van der Waals surface area contributed by atoms with Crippen LogP contribution in [-0.2, 0) is 0 Å². The Morgan fingerprint density at radius 3 is 1.14 bits per heavy atom. The molecule has 0 aliphatic carbocycles. The Labute approximate surface area is 102 Å². The molecular formula is C8H30N2Si4. The first-order chi connectivity index (χ1) is 6.62. The minimum Gasteiger partial charge on any atom is -0.358 e. The Morgan fingerprint density at radius 2 is 1.07 bits per heavy atom. The number of hydrogen-bond donors (Lipinski definition) is 0. The van der Waals surface area contributed by atoms with Crippen molar-refractivity contribution in [2.45, 2.75) is 39.8 Å². The number of hydrogen-bond acceptors (Lipinski definition) is 2. The lowest BCUT2D eigenvalue weighted by atomic mass is 10.8. The first-order valence-electron chi connectivity index (χ1n) is 5.99. The lowest BCUT2D eigenvalue weighted by Crippen LogP contribution is -2.23. The van der Waals surface area contributed by atoms with Crippen LogP contribution in [0.3, 0.4) is 0 Å². The Morgan fingerprint density at radius 1 is 0.786 bits per heavy atom. The Bertz CT molecular complexity index is 93.3. The van der Waals surface area contributed by atoms with Gasteiger partial charge in [-0.3, -0.25) is 0 Å². The van der Waals surface area contributed by atoms with Crippen molar-refractivity contribution in [1.29, 1.82) is 0 Å². The molecule has 0 rings (SSSR count). The zero-order chi connectivity index (χ0) is 11.4. The second-order valence-electron chi connectivity index (χ2n) is 3.79. The van der Waals surface area contributed by atoms with Crippen LogP contribution in [0.1, 0.15) is 27.7 Å². The highest BCUT2D eigenvalue weighted by atomic mass is 28.3. The van der Waals surface area contributed by atoms with Crippen molar-refractivity contribution in [3.63, 3.8) is 0 Å². The van der Waals surface area contributed by atoms with Crippen LogP contribution in [-0.4, -0.2) is 61.7 Å². The van der Waals surface area contributed by atoms with Gasteiger partial charge in [-0.1, -0.05) is 39.8 Å². The third-order valence-corrected chi connectivity index (χ3v) is 9.55. The third kappa shape index (κ3) is 15.3. The molecule has 0 N–H and O–H groups in total. The van der Waals surface area contributed by atoms with Gasteiger partial charge in [0.15, 0.2) is 0 Å². The maximum atomic E-state index is 2.58. The van der Waals surface area contributed by atoms with E-state index < -0.39 is 0 Å². The van der Waals surface area contributed by atoms with Crippen molar-refractivity contribution in [2.24, 2.45) is 0 Å². The quantitative estimate of drug-likeness (QED) is 0.525. The van der Waals surface area contributed by atoms with Crippen LogP contribution in [0.2, 0.25) is 12.1 Å². The molecule has 6 heteroatoms. The summed E-state index contributed by atoms with van der Waals surface area (Å²) in [6.45, 7) is 11.7. The standard InChI is InChI=1S/2C4H15NSi2/c2*1-3-5(6)7-4-2/h2*3-4,7H2,1-2,6H3. The van der Waals surface area contributed by atoms with Gasteiger partial charge in [0.2, 0.25) is 0 Å². The molecule has 0 saturated heterocycles. The minimum atomic E-state index is 0.241. The van der Waals surface area contributed by atoms with Crippen molar-refractivity contribution in [2.75, 3.05) is 13.1 Å². The van der Waals surface area contributed by atoms with Crippen molar-refractivity contribution >= 4 is 40.2 Å². The van der Waals surface area contributed by atoms with Gasteiger partial charge in [0.25, 0.3) is 0 Å². The highest BCUT2D eigenvalue weighted by molar-refractivity contribution is 6.41. The van der Waals surface area contributed by atoms with Crippen LogP contribution in [0.25, 0.3) is 0 Å². The molecule has 0 saturated carbocycles. The maximum Gasteiger partial charge on any atom is 0.0866 e. The van der Waals surface area contributed by atoms with Crippen molar-refractivity contribution < 1.29 is 0 Å². The van der Waals surface area contributed by atoms with Gasteiger partial charge < -0.3 is 8.46 Å². The summed E-state index contributed by atoms with van der Waals surface area (Å²) in [4.78, 5) is 0. The minimum absolute atomic E-state index is 0.241. The molecule has 14 heavy (non-hydrogen) atoms. The Hall–Kier alpha value is 0.788. The van der Waals surface area contributed by atoms with E-state index in [0.29, 0.717) is 0 Å². The van der Waals surface area contributed by atoms with E-state index in [9.17, 15) is 0 Å². The highest BCUT2D eigenvalue weighted by Crippen LogP contribution is 1.79. The summed E-state index contributed by atoms with van der Waals surface area (Å²) in [6.07, 6.45) is 0. The second-order valence-corrected chi connectivity index (χ2v) is 13.9. The summed E-state index contributed by atoms with van der Waals surface area (Å²) < 4.78 is 5.17. The van der Waals surface area contributed by atoms with Gasteiger partial charge in [-0.25, -0.2) is 0 Å². The molecule has 0 aromatic carbocycles. The van der Waals surface area contributed by atoms with Gasteiger partial charge in [-0.05, 0) is 13.1 Å². The average Bonchev–Trinajstić information content (AvgIpc) is 2.19. The first-order valence-corrected chi connectivity index (χ1v) is 11.0. The third-order valence-electron chi connectivity index (χ3n) is 2.29. The fourth-order valence-electron chi connectivity index (χ4n) is 1.08. The van der Waals surface area contributed by atoms with Crippen molar-refractivity contribution in [3.05, 3.63) is 0 Å². The molecule has 0 amide bonds. The zero-order valence-corrected chi connectivity index (χ0v) is 18.0. The number of rotatable bonds is 6. The summed E-state index contributed by atoms with van der Waals surface area (Å²) in [5.74, 6) is 0. The summed E-state index contributed by atoms with van der Waals surface area (Å²) in [5.41, 5.74) is 0. The number of nitrogens with zero attached hydrogens (tertiary/aromatic N) is 2. The smallest absolute Gasteiger partial charge is 0.0866 e.